The third kappa shape index (κ3) is 11.7. The van der Waals surface area contributed by atoms with Gasteiger partial charge >= 0.3 is 5.97 Å². The van der Waals surface area contributed by atoms with E-state index in [1.807, 2.05) is 53.4 Å². The molecule has 5 aromatic rings. The average molecular weight is 1090 g/mol. The van der Waals surface area contributed by atoms with Crippen LogP contribution in [0, 0.1) is 6.92 Å². The van der Waals surface area contributed by atoms with Crippen molar-refractivity contribution in [1.82, 2.24) is 40.2 Å². The van der Waals surface area contributed by atoms with Crippen LogP contribution in [-0.2, 0) is 37.2 Å². The second-order valence-electron chi connectivity index (χ2n) is 20.5. The summed E-state index contributed by atoms with van der Waals surface area (Å²) in [4.78, 5) is 69.8. The van der Waals surface area contributed by atoms with Crippen molar-refractivity contribution < 1.29 is 52.2 Å². The minimum Gasteiger partial charge on any atom is -0.497 e. The van der Waals surface area contributed by atoms with Gasteiger partial charge in [-0.15, -0.1) is 33.3 Å². The number of nitrogens with zero attached hydrogens (tertiary/aromatic N) is 9. The molecule has 76 heavy (non-hydrogen) atoms. The summed E-state index contributed by atoms with van der Waals surface area (Å²) in [7, 11) is 9.17. The molecule has 0 aliphatic carbocycles. The maximum absolute atomic E-state index is 14.6. The first-order valence-corrected chi connectivity index (χ1v) is 27.0. The number of aryl methyl sites for hydroxylation is 1. The number of amides is 3. The third-order valence-electron chi connectivity index (χ3n) is 13.6. The van der Waals surface area contributed by atoms with Gasteiger partial charge in [-0.05, 0) is 89.1 Å². The third-order valence-corrected chi connectivity index (χ3v) is 16.0. The number of esters is 1. The number of oxime groups is 1. The monoisotopic (exact) mass is 1090 g/mol. The second kappa shape index (κ2) is 22.1. The molecular weight excluding hydrogens is 1040 g/mol. The van der Waals surface area contributed by atoms with Gasteiger partial charge < -0.3 is 43.2 Å². The lowest BCUT2D eigenvalue weighted by molar-refractivity contribution is -0.938. The number of piperazine rings is 1. The molecule has 0 bridgehead atoms. The highest BCUT2D eigenvalue weighted by Crippen LogP contribution is 2.46. The quantitative estimate of drug-likeness (QED) is 0.0267. The molecule has 0 spiro atoms. The van der Waals surface area contributed by atoms with E-state index in [9.17, 15) is 19.2 Å². The number of thiazole rings is 1. The average Bonchev–Trinajstić information content (AvgIpc) is 4.19. The van der Waals surface area contributed by atoms with Crippen molar-refractivity contribution in [1.29, 1.82) is 0 Å². The van der Waals surface area contributed by atoms with E-state index in [2.05, 4.69) is 30.9 Å². The van der Waals surface area contributed by atoms with E-state index in [-0.39, 0.29) is 47.4 Å². The molecule has 2 aromatic heterocycles. The summed E-state index contributed by atoms with van der Waals surface area (Å²) in [5, 5.41) is 21.6. The van der Waals surface area contributed by atoms with E-state index in [1.54, 1.807) is 64.3 Å². The number of hydrogen-bond acceptors (Lipinski definition) is 17. The van der Waals surface area contributed by atoms with Crippen LogP contribution < -0.4 is 24.3 Å². The molecule has 3 fully saturated rings. The van der Waals surface area contributed by atoms with E-state index >= 15 is 0 Å². The van der Waals surface area contributed by atoms with Crippen LogP contribution in [0.5, 0.6) is 23.0 Å². The number of carbonyl (C=O) groups is 4. The summed E-state index contributed by atoms with van der Waals surface area (Å²) in [6.45, 7) is 13.4. The SMILES string of the molecule is [B]n1nnc(C2=C(C[N+]34CCC[C@H]3CN(C(=O)c3cc(Cl)c(OCc5ccc(OC)cc5)c(OCc5ccc(OC)cc5)c3)CC4)CS[C@@H]3[C@H](NC(=O)/C(=N\OC(C)(C)C(=O)OC(C)(C)C)c4csc(C)n4)C(=O)N23)n1. The Morgan fingerprint density at radius 1 is 0.961 bits per heavy atom. The number of rotatable bonds is 18. The highest BCUT2D eigenvalue weighted by molar-refractivity contribution is 8.00. The van der Waals surface area contributed by atoms with Crippen LogP contribution in [0.1, 0.15) is 85.5 Å². The van der Waals surface area contributed by atoms with Gasteiger partial charge in [0, 0.05) is 35.1 Å². The number of fused-ring (bicyclic) bond motifs is 2. The van der Waals surface area contributed by atoms with E-state index in [1.165, 1.54) is 36.9 Å². The van der Waals surface area contributed by atoms with Crippen LogP contribution in [0.15, 0.2) is 76.8 Å². The van der Waals surface area contributed by atoms with E-state index in [0.717, 1.165) is 46.5 Å². The summed E-state index contributed by atoms with van der Waals surface area (Å²) < 4.78 is 30.4. The summed E-state index contributed by atoms with van der Waals surface area (Å²) in [6, 6.07) is 17.5. The summed E-state index contributed by atoms with van der Waals surface area (Å²) in [6.07, 6.45) is 1.82. The van der Waals surface area contributed by atoms with Gasteiger partial charge in [-0.1, -0.05) is 46.2 Å². The largest absolute Gasteiger partial charge is 0.497 e. The number of aromatic nitrogens is 5. The maximum atomic E-state index is 14.6. The zero-order valence-electron chi connectivity index (χ0n) is 43.5. The Labute approximate surface area is 455 Å². The predicted molar refractivity (Wildman–Crippen MR) is 285 cm³/mol. The first-order valence-electron chi connectivity index (χ1n) is 24.7. The number of benzene rings is 3. The van der Waals surface area contributed by atoms with E-state index in [4.69, 9.17) is 48.1 Å². The number of halogens is 1. The zero-order valence-corrected chi connectivity index (χ0v) is 45.9. The normalized spacial score (nSPS) is 20.6. The number of tetrazole rings is 1. The number of β-lactam (4-membered cyclic amide) rings is 1. The van der Waals surface area contributed by atoms with E-state index < -0.39 is 40.4 Å². The Bertz CT molecular complexity index is 3070. The van der Waals surface area contributed by atoms with E-state index in [0.29, 0.717) is 69.9 Å². The first kappa shape index (κ1) is 54.1. The Hall–Kier alpha value is -6.69. The molecular formula is C52H59BClN10O10S2+. The Kier molecular flexibility index (Phi) is 15.7. The Balaban J connectivity index is 0.922. The van der Waals surface area contributed by atoms with Gasteiger partial charge in [0.15, 0.2) is 17.2 Å². The number of methoxy groups -OCH3 is 2. The number of quaternary nitrogens is 1. The van der Waals surface area contributed by atoms with Crippen LogP contribution in [-0.4, -0.2) is 158 Å². The van der Waals surface area contributed by atoms with Crippen LogP contribution in [0.4, 0.5) is 0 Å². The molecule has 4 aliphatic heterocycles. The molecule has 1 N–H and O–H groups in total. The molecule has 0 saturated carbocycles. The van der Waals surface area contributed by atoms with Crippen molar-refractivity contribution in [3.05, 3.63) is 110 Å². The summed E-state index contributed by atoms with van der Waals surface area (Å²) in [5.41, 5.74) is 1.21. The molecule has 24 heteroatoms. The molecule has 398 valence electrons. The van der Waals surface area contributed by atoms with Gasteiger partial charge in [-0.25, -0.2) is 14.5 Å². The predicted octanol–water partition coefficient (Wildman–Crippen LogP) is 5.99. The van der Waals surface area contributed by atoms with Gasteiger partial charge in [0.2, 0.25) is 11.4 Å². The highest BCUT2D eigenvalue weighted by Gasteiger charge is 2.56. The topological polar surface area (TPSA) is 211 Å². The minimum atomic E-state index is -1.56. The fourth-order valence-corrected chi connectivity index (χ4v) is 11.9. The molecule has 6 heterocycles. The van der Waals surface area contributed by atoms with Crippen LogP contribution in [0.3, 0.4) is 0 Å². The zero-order chi connectivity index (χ0) is 54.1. The van der Waals surface area contributed by atoms with Crippen LogP contribution >= 0.6 is 34.7 Å². The fourth-order valence-electron chi connectivity index (χ4n) is 9.68. The molecule has 3 amide bonds. The van der Waals surface area contributed by atoms with Crippen molar-refractivity contribution in [3.63, 3.8) is 0 Å². The number of hydrogen-bond donors (Lipinski definition) is 1. The molecule has 2 radical (unpaired) electrons. The molecule has 20 nitrogen and oxygen atoms in total. The van der Waals surface area contributed by atoms with Crippen molar-refractivity contribution >= 4 is 77.8 Å². The summed E-state index contributed by atoms with van der Waals surface area (Å²) >= 11 is 9.79. The molecule has 1 unspecified atom stereocenters. The van der Waals surface area contributed by atoms with Gasteiger partial charge in [0.05, 0.1) is 56.1 Å². The van der Waals surface area contributed by atoms with Gasteiger partial charge in [-0.2, -0.15) is 0 Å². The minimum absolute atomic E-state index is 0.0781. The van der Waals surface area contributed by atoms with Gasteiger partial charge in [0.25, 0.3) is 25.7 Å². The number of thioether (sulfide) groups is 1. The maximum Gasteiger partial charge on any atom is 0.353 e. The van der Waals surface area contributed by atoms with Crippen molar-refractivity contribution in [2.45, 2.75) is 96.3 Å². The van der Waals surface area contributed by atoms with Gasteiger partial charge in [-0.3, -0.25) is 19.3 Å². The van der Waals surface area contributed by atoms with Crippen molar-refractivity contribution in [2.75, 3.05) is 52.7 Å². The fraction of sp³-hybridized carbons (Fsp3) is 0.442. The van der Waals surface area contributed by atoms with Crippen molar-refractivity contribution in [3.8, 4) is 23.0 Å². The Morgan fingerprint density at radius 2 is 1.64 bits per heavy atom. The molecule has 9 rings (SSSR count). The lowest BCUT2D eigenvalue weighted by Crippen LogP contribution is -2.70. The number of ether oxygens (including phenoxy) is 5. The first-order chi connectivity index (χ1) is 36.2. The standard InChI is InChI=1S/C52H58BClN10O10S2/c1-30-55-39(29-75-30)41(59-74-52(5,6)50(68)73-51(2,3)4)46(65)56-42-48(67)62-43(45-57-60-63(53)58-45)34(28-76-49(42)62)25-64-20-9-10-35(64)24-61(19-21-64)47(66)33-22-38(54)44(72-27-32-13-17-37(70-8)18-14-32)40(23-33)71-26-31-11-15-36(69-7)16-12-31/h11-18,22-23,29,35,42,49H,9-10,19-21,24-28H2,1-8H3/p+1/b59-41-/t35-,42+,49+,64?/m0/s1. The molecule has 4 aliphatic rings. The smallest absolute Gasteiger partial charge is 0.353 e. The molecule has 3 aromatic carbocycles. The van der Waals surface area contributed by atoms with Crippen LogP contribution in [0.25, 0.3) is 5.70 Å². The Morgan fingerprint density at radius 3 is 2.26 bits per heavy atom. The lowest BCUT2D eigenvalue weighted by atomic mass is 10.00. The number of carbonyl (C=O) groups excluding carboxylic acids is 4. The van der Waals surface area contributed by atoms with Crippen molar-refractivity contribution in [2.24, 2.45) is 5.16 Å². The number of nitrogens with one attached hydrogen (secondary N) is 1. The summed E-state index contributed by atoms with van der Waals surface area (Å²) in [5.74, 6) is 0.775. The second-order valence-corrected chi connectivity index (χ2v) is 23.0. The van der Waals surface area contributed by atoms with Gasteiger partial charge in [0.1, 0.15) is 60.0 Å². The highest BCUT2D eigenvalue weighted by atomic mass is 35.5. The molecule has 3 saturated heterocycles. The van der Waals surface area contributed by atoms with Crippen LogP contribution in [0.2, 0.25) is 5.02 Å². The molecule has 4 atom stereocenters. The lowest BCUT2D eigenvalue weighted by Gasteiger charge is -2.52.